The number of nitrogens with zero attached hydrogens (tertiary/aromatic N) is 1. The lowest BCUT2D eigenvalue weighted by Crippen LogP contribution is -2.36. The molecule has 0 spiro atoms. The zero-order valence-electron chi connectivity index (χ0n) is 11.5. The molecule has 2 atom stereocenters. The third kappa shape index (κ3) is 3.47. The van der Waals surface area contributed by atoms with Crippen LogP contribution in [0.25, 0.3) is 0 Å². The van der Waals surface area contributed by atoms with Crippen LogP contribution in [0.5, 0.6) is 0 Å². The number of hydrogen-bond acceptors (Lipinski definition) is 2. The fraction of sp³-hybridized carbons (Fsp3) is 0.600. The Hall–Kier alpha value is -0.570. The fourth-order valence-electron chi connectivity index (χ4n) is 2.59. The maximum Gasteiger partial charge on any atom is 0.0406 e. The fourth-order valence-corrected chi connectivity index (χ4v) is 2.72. The van der Waals surface area contributed by atoms with E-state index in [2.05, 4.69) is 43.1 Å². The molecule has 100 valence electrons. The molecule has 0 amide bonds. The number of likely N-dealkylation sites (tertiary alicyclic amines) is 1. The van der Waals surface area contributed by atoms with Crippen molar-refractivity contribution < 1.29 is 0 Å². The zero-order valence-corrected chi connectivity index (χ0v) is 12.2. The van der Waals surface area contributed by atoms with Crippen LogP contribution < -0.4 is 5.32 Å². The molecular weight excluding hydrogens is 244 g/mol. The summed E-state index contributed by atoms with van der Waals surface area (Å²) in [5, 5.41) is 4.52. The molecule has 0 bridgehead atoms. The summed E-state index contributed by atoms with van der Waals surface area (Å²) >= 11 is 5.91. The van der Waals surface area contributed by atoms with Crippen LogP contribution in [-0.2, 0) is 0 Å². The smallest absolute Gasteiger partial charge is 0.0406 e. The van der Waals surface area contributed by atoms with Gasteiger partial charge in [0, 0.05) is 29.7 Å². The van der Waals surface area contributed by atoms with E-state index in [1.165, 1.54) is 18.5 Å². The van der Waals surface area contributed by atoms with Crippen molar-refractivity contribution in [3.8, 4) is 0 Å². The molecule has 1 aliphatic rings. The van der Waals surface area contributed by atoms with Gasteiger partial charge in [-0.3, -0.25) is 4.90 Å². The van der Waals surface area contributed by atoms with E-state index in [1.807, 2.05) is 12.1 Å². The topological polar surface area (TPSA) is 15.3 Å². The van der Waals surface area contributed by atoms with Crippen molar-refractivity contribution in [1.29, 1.82) is 0 Å². The van der Waals surface area contributed by atoms with Crippen molar-refractivity contribution in [2.24, 2.45) is 0 Å². The largest absolute Gasteiger partial charge is 0.306 e. The van der Waals surface area contributed by atoms with Crippen molar-refractivity contribution >= 4 is 11.6 Å². The summed E-state index contributed by atoms with van der Waals surface area (Å²) in [6.07, 6.45) is 1.25. The van der Waals surface area contributed by atoms with Gasteiger partial charge in [0.05, 0.1) is 0 Å². The molecular formula is C15H23ClN2. The highest BCUT2D eigenvalue weighted by Crippen LogP contribution is 2.19. The van der Waals surface area contributed by atoms with Crippen LogP contribution >= 0.6 is 11.6 Å². The number of hydrogen-bond donors (Lipinski definition) is 1. The van der Waals surface area contributed by atoms with Gasteiger partial charge in [-0.05, 0) is 51.4 Å². The Kier molecular flexibility index (Phi) is 4.66. The first kappa shape index (κ1) is 13.9. The Labute approximate surface area is 115 Å². The van der Waals surface area contributed by atoms with Gasteiger partial charge in [0.25, 0.3) is 0 Å². The van der Waals surface area contributed by atoms with E-state index in [1.54, 1.807) is 0 Å². The molecule has 1 saturated heterocycles. The van der Waals surface area contributed by atoms with Crippen LogP contribution in [0.1, 0.15) is 38.8 Å². The molecule has 0 radical (unpaired) electrons. The molecule has 0 saturated carbocycles. The van der Waals surface area contributed by atoms with Crippen molar-refractivity contribution in [3.05, 3.63) is 34.9 Å². The lowest BCUT2D eigenvalue weighted by atomic mass is 10.1. The molecule has 1 aromatic rings. The van der Waals surface area contributed by atoms with Crippen LogP contribution in [0.4, 0.5) is 0 Å². The quantitative estimate of drug-likeness (QED) is 0.898. The maximum absolute atomic E-state index is 5.91. The standard InChI is InChI=1S/C15H23ClN2/c1-11(2)18-9-8-15(10-18)17-12(3)13-4-6-14(16)7-5-13/h4-7,11-12,15,17H,8-10H2,1-3H3. The van der Waals surface area contributed by atoms with Gasteiger partial charge in [0.15, 0.2) is 0 Å². The van der Waals surface area contributed by atoms with E-state index in [-0.39, 0.29) is 0 Å². The highest BCUT2D eigenvalue weighted by atomic mass is 35.5. The minimum Gasteiger partial charge on any atom is -0.306 e. The molecule has 0 aromatic heterocycles. The highest BCUT2D eigenvalue weighted by Gasteiger charge is 2.25. The zero-order chi connectivity index (χ0) is 13.1. The average Bonchev–Trinajstić information content (AvgIpc) is 2.78. The first-order valence-corrected chi connectivity index (χ1v) is 7.19. The summed E-state index contributed by atoms with van der Waals surface area (Å²) in [6.45, 7) is 9.13. The van der Waals surface area contributed by atoms with Crippen LogP contribution in [0, 0.1) is 0 Å². The van der Waals surface area contributed by atoms with E-state index >= 15 is 0 Å². The third-order valence-electron chi connectivity index (χ3n) is 3.81. The van der Waals surface area contributed by atoms with E-state index < -0.39 is 0 Å². The molecule has 2 rings (SSSR count). The van der Waals surface area contributed by atoms with Gasteiger partial charge in [-0.25, -0.2) is 0 Å². The molecule has 1 aliphatic heterocycles. The molecule has 2 unspecified atom stereocenters. The summed E-state index contributed by atoms with van der Waals surface area (Å²) in [6, 6.07) is 9.79. The second kappa shape index (κ2) is 6.05. The van der Waals surface area contributed by atoms with Gasteiger partial charge in [0.2, 0.25) is 0 Å². The highest BCUT2D eigenvalue weighted by molar-refractivity contribution is 6.30. The lowest BCUT2D eigenvalue weighted by molar-refractivity contribution is 0.266. The Balaban J connectivity index is 1.88. The number of rotatable bonds is 4. The molecule has 18 heavy (non-hydrogen) atoms. The Morgan fingerprint density at radius 3 is 2.44 bits per heavy atom. The second-order valence-electron chi connectivity index (χ2n) is 5.51. The summed E-state index contributed by atoms with van der Waals surface area (Å²) in [5.41, 5.74) is 1.31. The van der Waals surface area contributed by atoms with Crippen molar-refractivity contribution in [2.45, 2.75) is 45.3 Å². The minimum atomic E-state index is 0.388. The normalized spacial score (nSPS) is 22.6. The van der Waals surface area contributed by atoms with Crippen LogP contribution in [0.15, 0.2) is 24.3 Å². The monoisotopic (exact) mass is 266 g/mol. The summed E-state index contributed by atoms with van der Waals surface area (Å²) in [5.74, 6) is 0. The lowest BCUT2D eigenvalue weighted by Gasteiger charge is -2.23. The van der Waals surface area contributed by atoms with E-state index in [4.69, 9.17) is 11.6 Å². The van der Waals surface area contributed by atoms with Gasteiger partial charge in [0.1, 0.15) is 0 Å². The maximum atomic E-state index is 5.91. The molecule has 3 heteroatoms. The first-order valence-electron chi connectivity index (χ1n) is 6.82. The SMILES string of the molecule is CC(NC1CCN(C(C)C)C1)c1ccc(Cl)cc1. The second-order valence-corrected chi connectivity index (χ2v) is 5.95. The molecule has 2 nitrogen and oxygen atoms in total. The van der Waals surface area contributed by atoms with E-state index in [0.29, 0.717) is 18.1 Å². The Bertz CT molecular complexity index is 375. The Morgan fingerprint density at radius 2 is 1.89 bits per heavy atom. The van der Waals surface area contributed by atoms with Crippen molar-refractivity contribution in [3.63, 3.8) is 0 Å². The molecule has 1 fully saturated rings. The molecule has 1 aromatic carbocycles. The minimum absolute atomic E-state index is 0.388. The summed E-state index contributed by atoms with van der Waals surface area (Å²) in [4.78, 5) is 2.53. The number of nitrogens with one attached hydrogen (secondary N) is 1. The molecule has 0 aliphatic carbocycles. The van der Waals surface area contributed by atoms with Crippen molar-refractivity contribution in [2.75, 3.05) is 13.1 Å². The molecule has 1 heterocycles. The average molecular weight is 267 g/mol. The van der Waals surface area contributed by atoms with Gasteiger partial charge in [-0.15, -0.1) is 0 Å². The third-order valence-corrected chi connectivity index (χ3v) is 4.06. The summed E-state index contributed by atoms with van der Waals surface area (Å²) < 4.78 is 0. The van der Waals surface area contributed by atoms with Crippen LogP contribution in [0.2, 0.25) is 5.02 Å². The van der Waals surface area contributed by atoms with Gasteiger partial charge in [-0.1, -0.05) is 23.7 Å². The van der Waals surface area contributed by atoms with E-state index in [0.717, 1.165) is 11.6 Å². The Morgan fingerprint density at radius 1 is 1.22 bits per heavy atom. The van der Waals surface area contributed by atoms with Gasteiger partial charge in [-0.2, -0.15) is 0 Å². The van der Waals surface area contributed by atoms with E-state index in [9.17, 15) is 0 Å². The van der Waals surface area contributed by atoms with Crippen molar-refractivity contribution in [1.82, 2.24) is 10.2 Å². The first-order chi connectivity index (χ1) is 8.56. The van der Waals surface area contributed by atoms with Crippen LogP contribution in [-0.4, -0.2) is 30.1 Å². The van der Waals surface area contributed by atoms with Gasteiger partial charge < -0.3 is 5.32 Å². The predicted octanol–water partition coefficient (Wildman–Crippen LogP) is 3.47. The number of benzene rings is 1. The predicted molar refractivity (Wildman–Crippen MR) is 78.1 cm³/mol. The number of halogens is 1. The van der Waals surface area contributed by atoms with Crippen LogP contribution in [0.3, 0.4) is 0 Å². The molecule has 1 N–H and O–H groups in total. The summed E-state index contributed by atoms with van der Waals surface area (Å²) in [7, 11) is 0. The van der Waals surface area contributed by atoms with Gasteiger partial charge >= 0.3 is 0 Å².